The van der Waals surface area contributed by atoms with Gasteiger partial charge in [0.25, 0.3) is 0 Å². The fourth-order valence-corrected chi connectivity index (χ4v) is 4.28. The molecule has 0 unspecified atom stereocenters. The van der Waals surface area contributed by atoms with Gasteiger partial charge < -0.3 is 10.6 Å². The Morgan fingerprint density at radius 1 is 1.00 bits per heavy atom. The molecule has 0 aliphatic carbocycles. The maximum absolute atomic E-state index is 12.7. The van der Waals surface area contributed by atoms with Crippen molar-refractivity contribution in [2.75, 3.05) is 10.6 Å². The average Bonchev–Trinajstić information content (AvgIpc) is 3.21. The second-order valence-electron chi connectivity index (χ2n) is 7.55. The molecule has 0 spiro atoms. The molecule has 3 aromatic carbocycles. The summed E-state index contributed by atoms with van der Waals surface area (Å²) in [6, 6.07) is 25.1. The summed E-state index contributed by atoms with van der Waals surface area (Å²) in [4.78, 5) is 12.7. The highest BCUT2D eigenvalue weighted by molar-refractivity contribution is 8.00. The van der Waals surface area contributed by atoms with Crippen LogP contribution in [0.15, 0.2) is 84.0 Å². The van der Waals surface area contributed by atoms with E-state index in [2.05, 4.69) is 20.8 Å². The van der Waals surface area contributed by atoms with Crippen molar-refractivity contribution in [2.45, 2.75) is 30.8 Å². The van der Waals surface area contributed by atoms with Gasteiger partial charge in [-0.1, -0.05) is 65.3 Å². The van der Waals surface area contributed by atoms with Crippen molar-refractivity contribution in [2.24, 2.45) is 0 Å². The molecule has 0 radical (unpaired) electrons. The number of hydrogen-bond donors (Lipinski definition) is 2. The number of para-hydroxylation sites is 1. The van der Waals surface area contributed by atoms with Crippen LogP contribution in [-0.2, 0) is 11.3 Å². The number of nitrogens with one attached hydrogen (secondary N) is 2. The molecule has 1 heterocycles. The van der Waals surface area contributed by atoms with Gasteiger partial charge in [-0.15, -0.1) is 10.2 Å². The van der Waals surface area contributed by atoms with Crippen LogP contribution in [0, 0.1) is 6.92 Å². The molecule has 2 N–H and O–H groups in total. The van der Waals surface area contributed by atoms with Crippen LogP contribution in [0.25, 0.3) is 5.69 Å². The third-order valence-electron chi connectivity index (χ3n) is 4.96. The largest absolute Gasteiger partial charge is 0.378 e. The van der Waals surface area contributed by atoms with Crippen molar-refractivity contribution in [1.29, 1.82) is 0 Å². The quantitative estimate of drug-likeness (QED) is 0.306. The summed E-state index contributed by atoms with van der Waals surface area (Å²) < 4.78 is 1.98. The summed E-state index contributed by atoms with van der Waals surface area (Å²) in [6.07, 6.45) is 0. The van der Waals surface area contributed by atoms with Crippen LogP contribution in [0.4, 0.5) is 11.4 Å². The molecule has 6 nitrogen and oxygen atoms in total. The van der Waals surface area contributed by atoms with Crippen molar-refractivity contribution in [3.8, 4) is 5.69 Å². The van der Waals surface area contributed by atoms with E-state index in [-0.39, 0.29) is 11.2 Å². The Morgan fingerprint density at radius 3 is 2.45 bits per heavy atom. The number of amides is 1. The summed E-state index contributed by atoms with van der Waals surface area (Å²) in [6.45, 7) is 4.36. The van der Waals surface area contributed by atoms with E-state index >= 15 is 0 Å². The first-order valence-electron chi connectivity index (χ1n) is 10.5. The number of anilines is 2. The molecule has 168 valence electrons. The topological polar surface area (TPSA) is 71.8 Å². The fourth-order valence-electron chi connectivity index (χ4n) is 3.20. The number of benzene rings is 3. The molecule has 8 heteroatoms. The number of halogens is 1. The van der Waals surface area contributed by atoms with E-state index in [1.54, 1.807) is 0 Å². The summed E-state index contributed by atoms with van der Waals surface area (Å²) in [7, 11) is 0. The summed E-state index contributed by atoms with van der Waals surface area (Å²) >= 11 is 7.47. The molecule has 1 atom stereocenters. The second kappa shape index (κ2) is 10.6. The van der Waals surface area contributed by atoms with Crippen LogP contribution in [0.2, 0.25) is 5.02 Å². The lowest BCUT2D eigenvalue weighted by molar-refractivity contribution is -0.115. The zero-order valence-corrected chi connectivity index (χ0v) is 19.9. The van der Waals surface area contributed by atoms with E-state index in [0.29, 0.717) is 16.7 Å². The van der Waals surface area contributed by atoms with E-state index in [4.69, 9.17) is 11.6 Å². The second-order valence-corrected chi connectivity index (χ2v) is 9.29. The van der Waals surface area contributed by atoms with Crippen LogP contribution in [0.1, 0.15) is 18.3 Å². The fraction of sp³-hybridized carbons (Fsp3) is 0.160. The molecule has 4 aromatic rings. The van der Waals surface area contributed by atoms with Crippen molar-refractivity contribution in [3.63, 3.8) is 0 Å². The first kappa shape index (κ1) is 22.9. The molecule has 1 aromatic heterocycles. The Morgan fingerprint density at radius 2 is 1.73 bits per heavy atom. The monoisotopic (exact) mass is 477 g/mol. The highest BCUT2D eigenvalue weighted by Gasteiger charge is 2.21. The maximum Gasteiger partial charge on any atom is 0.237 e. The first-order valence-corrected chi connectivity index (χ1v) is 11.8. The van der Waals surface area contributed by atoms with Gasteiger partial charge >= 0.3 is 0 Å². The number of rotatable bonds is 8. The van der Waals surface area contributed by atoms with Gasteiger partial charge in [0.05, 0.1) is 11.8 Å². The van der Waals surface area contributed by atoms with Crippen molar-refractivity contribution in [3.05, 3.63) is 95.3 Å². The highest BCUT2D eigenvalue weighted by Crippen LogP contribution is 2.27. The molecular weight excluding hydrogens is 454 g/mol. The molecule has 0 aliphatic rings. The summed E-state index contributed by atoms with van der Waals surface area (Å²) in [5, 5.41) is 16.1. The Hall–Kier alpha value is -3.29. The lowest BCUT2D eigenvalue weighted by Gasteiger charge is -2.14. The van der Waals surface area contributed by atoms with E-state index in [1.165, 1.54) is 11.8 Å². The van der Waals surface area contributed by atoms with E-state index in [9.17, 15) is 4.79 Å². The van der Waals surface area contributed by atoms with E-state index in [0.717, 1.165) is 28.5 Å². The highest BCUT2D eigenvalue weighted by atomic mass is 35.5. The standard InChI is InChI=1S/C25H24ClN5OS/c1-17-11-13-22(14-12-17)31-23(16-27-21-10-6-7-19(26)15-21)29-30-25(31)33-18(2)24(32)28-20-8-4-3-5-9-20/h3-15,18,27H,16H2,1-2H3,(H,28,32)/t18-/m1/s1. The van der Waals surface area contributed by atoms with Crippen LogP contribution < -0.4 is 10.6 Å². The molecule has 33 heavy (non-hydrogen) atoms. The van der Waals surface area contributed by atoms with Gasteiger partial charge in [0, 0.05) is 22.1 Å². The molecule has 1 amide bonds. The number of aryl methyl sites for hydroxylation is 1. The lowest BCUT2D eigenvalue weighted by Crippen LogP contribution is -2.23. The SMILES string of the molecule is Cc1ccc(-n2c(CNc3cccc(Cl)c3)nnc2S[C@H](C)C(=O)Nc2ccccc2)cc1. The first-order chi connectivity index (χ1) is 16.0. The van der Waals surface area contributed by atoms with E-state index < -0.39 is 0 Å². The number of carbonyl (C=O) groups excluding carboxylic acids is 1. The Balaban J connectivity index is 1.56. The number of carbonyl (C=O) groups is 1. The average molecular weight is 478 g/mol. The van der Waals surface area contributed by atoms with Gasteiger partial charge in [0.1, 0.15) is 0 Å². The third-order valence-corrected chi connectivity index (χ3v) is 6.24. The Labute approximate surface area is 202 Å². The third kappa shape index (κ3) is 5.94. The smallest absolute Gasteiger partial charge is 0.237 e. The number of nitrogens with zero attached hydrogens (tertiary/aromatic N) is 3. The predicted octanol–water partition coefficient (Wildman–Crippen LogP) is 5.96. The van der Waals surface area contributed by atoms with Gasteiger partial charge in [-0.25, -0.2) is 0 Å². The molecule has 4 rings (SSSR count). The summed E-state index contributed by atoms with van der Waals surface area (Å²) in [5.41, 5.74) is 3.76. The number of thioether (sulfide) groups is 1. The normalized spacial score (nSPS) is 11.7. The maximum atomic E-state index is 12.7. The van der Waals surface area contributed by atoms with Gasteiger partial charge in [0.2, 0.25) is 5.91 Å². The number of hydrogen-bond acceptors (Lipinski definition) is 5. The molecule has 0 fully saturated rings. The van der Waals surface area contributed by atoms with Crippen molar-refractivity contribution in [1.82, 2.24) is 14.8 Å². The molecule has 0 saturated carbocycles. The molecule has 0 saturated heterocycles. The molecule has 0 aliphatic heterocycles. The zero-order valence-electron chi connectivity index (χ0n) is 18.3. The van der Waals surface area contributed by atoms with Gasteiger partial charge in [-0.05, 0) is 56.3 Å². The minimum Gasteiger partial charge on any atom is -0.378 e. The zero-order chi connectivity index (χ0) is 23.2. The molecular formula is C25H24ClN5OS. The van der Waals surface area contributed by atoms with Crippen molar-refractivity contribution >= 4 is 40.6 Å². The van der Waals surface area contributed by atoms with Gasteiger partial charge in [-0.3, -0.25) is 9.36 Å². The van der Waals surface area contributed by atoms with Gasteiger partial charge in [-0.2, -0.15) is 0 Å². The Bertz CT molecular complexity index is 1230. The van der Waals surface area contributed by atoms with Crippen LogP contribution in [0.3, 0.4) is 0 Å². The van der Waals surface area contributed by atoms with Crippen LogP contribution in [0.5, 0.6) is 0 Å². The molecule has 0 bridgehead atoms. The van der Waals surface area contributed by atoms with Crippen molar-refractivity contribution < 1.29 is 4.79 Å². The summed E-state index contributed by atoms with van der Waals surface area (Å²) in [5.74, 6) is 0.639. The Kier molecular flexibility index (Phi) is 7.32. The lowest BCUT2D eigenvalue weighted by atomic mass is 10.2. The van der Waals surface area contributed by atoms with Crippen LogP contribution >= 0.6 is 23.4 Å². The minimum absolute atomic E-state index is 0.0942. The van der Waals surface area contributed by atoms with Gasteiger partial charge in [0.15, 0.2) is 11.0 Å². The predicted molar refractivity (Wildman–Crippen MR) is 135 cm³/mol. The minimum atomic E-state index is -0.368. The number of aromatic nitrogens is 3. The van der Waals surface area contributed by atoms with E-state index in [1.807, 2.05) is 97.3 Å². The van der Waals surface area contributed by atoms with Crippen LogP contribution in [-0.4, -0.2) is 25.9 Å².